The average molecular weight is 274 g/mol. The van der Waals surface area contributed by atoms with Crippen molar-refractivity contribution in [1.29, 1.82) is 0 Å². The van der Waals surface area contributed by atoms with Gasteiger partial charge in [0.15, 0.2) is 5.78 Å². The summed E-state index contributed by atoms with van der Waals surface area (Å²) in [5.41, 5.74) is -0.525. The fourth-order valence-corrected chi connectivity index (χ4v) is 1.96. The van der Waals surface area contributed by atoms with Crippen LogP contribution in [0.5, 0.6) is 11.5 Å². The zero-order chi connectivity index (χ0) is 14.7. The zero-order valence-electron chi connectivity index (χ0n) is 11.2. The number of hydrogen-bond acceptors (Lipinski definition) is 5. The van der Waals surface area contributed by atoms with E-state index in [1.54, 1.807) is 24.3 Å². The van der Waals surface area contributed by atoms with E-state index in [4.69, 9.17) is 9.15 Å². The Morgan fingerprint density at radius 1 is 1.35 bits per heavy atom. The summed E-state index contributed by atoms with van der Waals surface area (Å²) in [6.07, 6.45) is -0.0502. The molecule has 2 rings (SSSR count). The maximum Gasteiger partial charge on any atom is 0.350 e. The Morgan fingerprint density at radius 3 is 2.70 bits per heavy atom. The van der Waals surface area contributed by atoms with Crippen molar-refractivity contribution in [2.24, 2.45) is 0 Å². The molecule has 0 aliphatic heterocycles. The van der Waals surface area contributed by atoms with E-state index in [0.29, 0.717) is 11.3 Å². The number of ketones is 1. The Bertz CT molecular complexity index is 700. The van der Waals surface area contributed by atoms with Crippen LogP contribution in [0.1, 0.15) is 21.7 Å². The van der Waals surface area contributed by atoms with Gasteiger partial charge < -0.3 is 14.3 Å². The summed E-state index contributed by atoms with van der Waals surface area (Å²) in [6, 6.07) is 8.24. The van der Waals surface area contributed by atoms with E-state index in [-0.39, 0.29) is 23.5 Å². The van der Waals surface area contributed by atoms with Crippen LogP contribution in [0.2, 0.25) is 0 Å². The van der Waals surface area contributed by atoms with Gasteiger partial charge in [0.2, 0.25) is 0 Å². The third-order valence-corrected chi connectivity index (χ3v) is 2.88. The molecule has 1 aromatic carbocycles. The molecule has 5 heteroatoms. The molecular formula is C15H14O5. The molecule has 0 saturated heterocycles. The summed E-state index contributed by atoms with van der Waals surface area (Å²) in [5.74, 6) is -0.0717. The molecule has 1 N–H and O–H groups in total. The van der Waals surface area contributed by atoms with E-state index in [2.05, 4.69) is 0 Å². The van der Waals surface area contributed by atoms with Gasteiger partial charge in [0.1, 0.15) is 22.8 Å². The van der Waals surface area contributed by atoms with Crippen molar-refractivity contribution in [2.75, 3.05) is 7.11 Å². The molecule has 104 valence electrons. The molecule has 0 atom stereocenters. The van der Waals surface area contributed by atoms with E-state index in [0.717, 1.165) is 0 Å². The number of aryl methyl sites for hydroxylation is 1. The number of hydrogen-bond donors (Lipinski definition) is 1. The molecule has 0 aliphatic rings. The molecule has 20 heavy (non-hydrogen) atoms. The molecule has 1 aromatic heterocycles. The topological polar surface area (TPSA) is 76.7 Å². The number of carbonyl (C=O) groups excluding carboxylic acids is 1. The van der Waals surface area contributed by atoms with Crippen molar-refractivity contribution in [3.63, 3.8) is 0 Å². The molecule has 0 radical (unpaired) electrons. The lowest BCUT2D eigenvalue weighted by molar-refractivity contribution is 0.0985. The number of carbonyl (C=O) groups is 1. The minimum absolute atomic E-state index is 0.0502. The Kier molecular flexibility index (Phi) is 3.89. The average Bonchev–Trinajstić information content (AvgIpc) is 2.38. The van der Waals surface area contributed by atoms with Gasteiger partial charge in [-0.2, -0.15) is 0 Å². The smallest absolute Gasteiger partial charge is 0.350 e. The van der Waals surface area contributed by atoms with Crippen molar-refractivity contribution < 1.29 is 19.1 Å². The van der Waals surface area contributed by atoms with Crippen molar-refractivity contribution in [3.8, 4) is 11.5 Å². The van der Waals surface area contributed by atoms with Crippen LogP contribution in [0.3, 0.4) is 0 Å². The summed E-state index contributed by atoms with van der Waals surface area (Å²) >= 11 is 0. The van der Waals surface area contributed by atoms with E-state index >= 15 is 0 Å². The van der Waals surface area contributed by atoms with Gasteiger partial charge in [0, 0.05) is 18.1 Å². The fraction of sp³-hybridized carbons (Fsp3) is 0.200. The van der Waals surface area contributed by atoms with E-state index in [1.807, 2.05) is 0 Å². The normalized spacial score (nSPS) is 10.3. The molecule has 0 spiro atoms. The number of rotatable bonds is 4. The summed E-state index contributed by atoms with van der Waals surface area (Å²) in [6.45, 7) is 1.52. The van der Waals surface area contributed by atoms with Gasteiger partial charge >= 0.3 is 5.63 Å². The number of para-hydroxylation sites is 1. The van der Waals surface area contributed by atoms with Crippen molar-refractivity contribution in [2.45, 2.75) is 13.3 Å². The summed E-state index contributed by atoms with van der Waals surface area (Å²) in [7, 11) is 1.50. The fourth-order valence-electron chi connectivity index (χ4n) is 1.96. The summed E-state index contributed by atoms with van der Waals surface area (Å²) in [5, 5.41) is 9.74. The lowest BCUT2D eigenvalue weighted by Crippen LogP contribution is -2.16. The first-order chi connectivity index (χ1) is 9.52. The molecule has 1 heterocycles. The van der Waals surface area contributed by atoms with Gasteiger partial charge in [-0.15, -0.1) is 0 Å². The second kappa shape index (κ2) is 5.61. The Hall–Kier alpha value is -2.56. The second-order valence-corrected chi connectivity index (χ2v) is 4.32. The van der Waals surface area contributed by atoms with Gasteiger partial charge in [-0.3, -0.25) is 4.79 Å². The van der Waals surface area contributed by atoms with Crippen LogP contribution in [0.15, 0.2) is 39.5 Å². The minimum atomic E-state index is -0.831. The van der Waals surface area contributed by atoms with Crippen LogP contribution in [0, 0.1) is 6.92 Å². The van der Waals surface area contributed by atoms with Gasteiger partial charge in [-0.05, 0) is 13.0 Å². The second-order valence-electron chi connectivity index (χ2n) is 4.32. The number of Topliss-reactive ketones (excluding diaryl/α,β-unsaturated/α-hetero) is 1. The Morgan fingerprint density at radius 2 is 2.05 bits per heavy atom. The monoisotopic (exact) mass is 274 g/mol. The lowest BCUT2D eigenvalue weighted by Gasteiger charge is -2.07. The van der Waals surface area contributed by atoms with E-state index in [9.17, 15) is 14.7 Å². The molecule has 0 fully saturated rings. The molecule has 0 bridgehead atoms. The van der Waals surface area contributed by atoms with Crippen LogP contribution in [-0.4, -0.2) is 18.0 Å². The number of aromatic hydroxyl groups is 1. The highest BCUT2D eigenvalue weighted by molar-refractivity contribution is 5.99. The third kappa shape index (κ3) is 2.71. The van der Waals surface area contributed by atoms with Gasteiger partial charge in [-0.25, -0.2) is 4.79 Å². The van der Waals surface area contributed by atoms with E-state index < -0.39 is 11.4 Å². The Labute approximate surface area is 115 Å². The first kappa shape index (κ1) is 13.9. The van der Waals surface area contributed by atoms with Gasteiger partial charge in [0.25, 0.3) is 0 Å². The molecule has 0 aliphatic carbocycles. The minimum Gasteiger partial charge on any atom is -0.507 e. The van der Waals surface area contributed by atoms with E-state index in [1.165, 1.54) is 20.1 Å². The first-order valence-electron chi connectivity index (χ1n) is 6.01. The highest BCUT2D eigenvalue weighted by Gasteiger charge is 2.19. The van der Waals surface area contributed by atoms with Gasteiger partial charge in [0.05, 0.1) is 7.11 Å². The van der Waals surface area contributed by atoms with Crippen molar-refractivity contribution >= 4 is 5.78 Å². The van der Waals surface area contributed by atoms with Crippen LogP contribution >= 0.6 is 0 Å². The SMILES string of the molecule is COc1ccccc1CC(=O)c1c(O)cc(C)oc1=O. The maximum absolute atomic E-state index is 12.2. The molecule has 2 aromatic rings. The molecular weight excluding hydrogens is 260 g/mol. The summed E-state index contributed by atoms with van der Waals surface area (Å²) in [4.78, 5) is 23.8. The van der Waals surface area contributed by atoms with Crippen LogP contribution in [-0.2, 0) is 6.42 Å². The highest BCUT2D eigenvalue weighted by atomic mass is 16.5. The van der Waals surface area contributed by atoms with Crippen LogP contribution < -0.4 is 10.4 Å². The Balaban J connectivity index is 2.36. The molecule has 0 amide bonds. The third-order valence-electron chi connectivity index (χ3n) is 2.88. The first-order valence-corrected chi connectivity index (χ1v) is 6.01. The van der Waals surface area contributed by atoms with Crippen molar-refractivity contribution in [3.05, 3.63) is 57.6 Å². The van der Waals surface area contributed by atoms with Crippen LogP contribution in [0.4, 0.5) is 0 Å². The predicted octanol–water partition coefficient (Wildman–Crippen LogP) is 2.09. The zero-order valence-corrected chi connectivity index (χ0v) is 11.2. The predicted molar refractivity (Wildman–Crippen MR) is 72.4 cm³/mol. The largest absolute Gasteiger partial charge is 0.507 e. The number of ether oxygens (including phenoxy) is 1. The standard InChI is InChI=1S/C15H14O5/c1-9-7-11(16)14(15(18)20-9)12(17)8-10-5-3-4-6-13(10)19-2/h3-7,16H,8H2,1-2H3. The molecule has 0 saturated carbocycles. The molecule has 0 unspecified atom stereocenters. The van der Waals surface area contributed by atoms with Crippen LogP contribution in [0.25, 0.3) is 0 Å². The summed E-state index contributed by atoms with van der Waals surface area (Å²) < 4.78 is 9.98. The highest BCUT2D eigenvalue weighted by Crippen LogP contribution is 2.21. The quantitative estimate of drug-likeness (QED) is 0.864. The number of benzene rings is 1. The number of methoxy groups -OCH3 is 1. The lowest BCUT2D eigenvalue weighted by atomic mass is 10.0. The van der Waals surface area contributed by atoms with Gasteiger partial charge in [-0.1, -0.05) is 18.2 Å². The van der Waals surface area contributed by atoms with Crippen molar-refractivity contribution in [1.82, 2.24) is 0 Å². The maximum atomic E-state index is 12.2. The molecule has 5 nitrogen and oxygen atoms in total.